The van der Waals surface area contributed by atoms with Crippen molar-refractivity contribution in [3.63, 3.8) is 0 Å². The second-order valence-electron chi connectivity index (χ2n) is 3.73. The lowest BCUT2D eigenvalue weighted by molar-refractivity contribution is 0.389. The Morgan fingerprint density at radius 1 is 1.43 bits per heavy atom. The topological polar surface area (TPSA) is 40.6 Å². The Labute approximate surface area is 86.1 Å². The van der Waals surface area contributed by atoms with Gasteiger partial charge in [0.05, 0.1) is 6.54 Å². The van der Waals surface area contributed by atoms with Gasteiger partial charge in [-0.2, -0.15) is 17.0 Å². The zero-order chi connectivity index (χ0) is 10.8. The van der Waals surface area contributed by atoms with Gasteiger partial charge in [0.15, 0.2) is 0 Å². The molecule has 0 aromatic heterocycles. The van der Waals surface area contributed by atoms with E-state index in [1.54, 1.807) is 0 Å². The summed E-state index contributed by atoms with van der Waals surface area (Å²) in [6.45, 7) is 0.724. The van der Waals surface area contributed by atoms with E-state index in [0.29, 0.717) is 12.5 Å². The van der Waals surface area contributed by atoms with E-state index in [-0.39, 0.29) is 6.54 Å². The Hall–Kier alpha value is -0.570. The van der Waals surface area contributed by atoms with Crippen LogP contribution in [0.1, 0.15) is 12.8 Å². The van der Waals surface area contributed by atoms with Gasteiger partial charge in [-0.3, -0.25) is 0 Å². The summed E-state index contributed by atoms with van der Waals surface area (Å²) in [5.74, 6) is 2.89. The van der Waals surface area contributed by atoms with E-state index in [4.69, 9.17) is 6.42 Å². The van der Waals surface area contributed by atoms with E-state index in [1.807, 2.05) is 0 Å². The molecule has 0 spiro atoms. The molecule has 0 radical (unpaired) electrons. The molecular weight excluding hydrogens is 200 g/mol. The Balaban J connectivity index is 2.70. The summed E-state index contributed by atoms with van der Waals surface area (Å²) in [5, 5.41) is 0. The summed E-state index contributed by atoms with van der Waals surface area (Å²) in [6.07, 6.45) is 7.38. The molecule has 0 unspecified atom stereocenters. The van der Waals surface area contributed by atoms with Crippen LogP contribution in [0.15, 0.2) is 0 Å². The fourth-order valence-electron chi connectivity index (χ4n) is 1.16. The highest BCUT2D eigenvalue weighted by Crippen LogP contribution is 2.30. The smallest absolute Gasteiger partial charge is 0.195 e. The number of hydrogen-bond acceptors (Lipinski definition) is 2. The lowest BCUT2D eigenvalue weighted by Gasteiger charge is -2.23. The molecule has 0 heterocycles. The number of terminal acetylenes is 1. The number of nitrogens with zero attached hydrogens (tertiary/aromatic N) is 2. The molecule has 0 aromatic carbocycles. The summed E-state index contributed by atoms with van der Waals surface area (Å²) in [7, 11) is -0.293. The van der Waals surface area contributed by atoms with Crippen LogP contribution in [0.5, 0.6) is 0 Å². The van der Waals surface area contributed by atoms with Crippen LogP contribution < -0.4 is 0 Å². The second kappa shape index (κ2) is 4.30. The van der Waals surface area contributed by atoms with Gasteiger partial charge in [0.1, 0.15) is 0 Å². The fourth-order valence-corrected chi connectivity index (χ4v) is 2.26. The summed E-state index contributed by atoms with van der Waals surface area (Å²) in [6, 6.07) is 0. The third-order valence-electron chi connectivity index (χ3n) is 2.21. The predicted molar refractivity (Wildman–Crippen MR) is 55.7 cm³/mol. The molecule has 1 saturated carbocycles. The Bertz CT molecular complexity index is 325. The Morgan fingerprint density at radius 3 is 2.36 bits per heavy atom. The highest BCUT2D eigenvalue weighted by atomic mass is 32.2. The van der Waals surface area contributed by atoms with E-state index in [0.717, 1.165) is 12.8 Å². The molecule has 14 heavy (non-hydrogen) atoms. The van der Waals surface area contributed by atoms with Crippen LogP contribution in [-0.4, -0.2) is 44.2 Å². The molecule has 1 rings (SSSR count). The van der Waals surface area contributed by atoms with Crippen molar-refractivity contribution in [2.75, 3.05) is 27.2 Å². The summed E-state index contributed by atoms with van der Waals surface area (Å²) in [4.78, 5) is 0. The molecule has 0 N–H and O–H groups in total. The first kappa shape index (κ1) is 11.5. The van der Waals surface area contributed by atoms with Crippen LogP contribution in [0, 0.1) is 18.3 Å². The first-order valence-corrected chi connectivity index (χ1v) is 5.99. The number of hydrogen-bond donors (Lipinski definition) is 0. The van der Waals surface area contributed by atoms with Gasteiger partial charge in [-0.25, -0.2) is 0 Å². The average molecular weight is 216 g/mol. The minimum atomic E-state index is -3.33. The van der Waals surface area contributed by atoms with Crippen molar-refractivity contribution < 1.29 is 8.42 Å². The lowest BCUT2D eigenvalue weighted by atomic mass is 10.4. The van der Waals surface area contributed by atoms with Gasteiger partial charge in [0.25, 0.3) is 10.2 Å². The SMILES string of the molecule is C#CCN(CC1CC1)S(=O)(=O)N(C)C. The normalized spacial score (nSPS) is 17.4. The first-order chi connectivity index (χ1) is 6.48. The molecule has 1 fully saturated rings. The monoisotopic (exact) mass is 216 g/mol. The van der Waals surface area contributed by atoms with Crippen molar-refractivity contribution in [2.45, 2.75) is 12.8 Å². The molecular formula is C9H16N2O2S. The fraction of sp³-hybridized carbons (Fsp3) is 0.778. The average Bonchev–Trinajstić information content (AvgIpc) is 2.87. The molecule has 80 valence electrons. The van der Waals surface area contributed by atoms with Crippen LogP contribution in [-0.2, 0) is 10.2 Å². The minimum Gasteiger partial charge on any atom is -0.195 e. The van der Waals surface area contributed by atoms with Crippen LogP contribution in [0.25, 0.3) is 0 Å². The molecule has 0 amide bonds. The van der Waals surface area contributed by atoms with Gasteiger partial charge >= 0.3 is 0 Å². The summed E-state index contributed by atoms with van der Waals surface area (Å²) < 4.78 is 26.0. The van der Waals surface area contributed by atoms with Crippen molar-refractivity contribution >= 4 is 10.2 Å². The van der Waals surface area contributed by atoms with Gasteiger partial charge in [0, 0.05) is 20.6 Å². The molecule has 0 saturated heterocycles. The zero-order valence-corrected chi connectivity index (χ0v) is 9.42. The lowest BCUT2D eigenvalue weighted by Crippen LogP contribution is -2.41. The maximum absolute atomic E-state index is 11.7. The second-order valence-corrected chi connectivity index (χ2v) is 5.87. The zero-order valence-electron chi connectivity index (χ0n) is 8.60. The van der Waals surface area contributed by atoms with Crippen LogP contribution >= 0.6 is 0 Å². The van der Waals surface area contributed by atoms with Crippen molar-refractivity contribution in [3.8, 4) is 12.3 Å². The van der Waals surface area contributed by atoms with E-state index in [9.17, 15) is 8.42 Å². The minimum absolute atomic E-state index is 0.164. The van der Waals surface area contributed by atoms with Gasteiger partial charge in [-0.15, -0.1) is 6.42 Å². The van der Waals surface area contributed by atoms with Crippen molar-refractivity contribution in [3.05, 3.63) is 0 Å². The predicted octanol–water partition coefficient (Wildman–Crippen LogP) is 0.138. The molecule has 5 heteroatoms. The Morgan fingerprint density at radius 2 is 2.00 bits per heavy atom. The van der Waals surface area contributed by atoms with E-state index in [1.165, 1.54) is 22.7 Å². The molecule has 4 nitrogen and oxygen atoms in total. The van der Waals surface area contributed by atoms with Crippen LogP contribution in [0.2, 0.25) is 0 Å². The third kappa shape index (κ3) is 2.71. The first-order valence-electron chi connectivity index (χ1n) is 4.59. The largest absolute Gasteiger partial charge is 0.282 e. The quantitative estimate of drug-likeness (QED) is 0.613. The third-order valence-corrected chi connectivity index (χ3v) is 4.07. The molecule has 0 aromatic rings. The highest BCUT2D eigenvalue weighted by molar-refractivity contribution is 7.86. The van der Waals surface area contributed by atoms with Crippen molar-refractivity contribution in [1.29, 1.82) is 0 Å². The molecule has 0 atom stereocenters. The molecule has 1 aliphatic rings. The van der Waals surface area contributed by atoms with Crippen molar-refractivity contribution in [1.82, 2.24) is 8.61 Å². The Kier molecular flexibility index (Phi) is 3.53. The number of rotatable bonds is 5. The van der Waals surface area contributed by atoms with Crippen molar-refractivity contribution in [2.24, 2.45) is 5.92 Å². The highest BCUT2D eigenvalue weighted by Gasteiger charge is 2.31. The maximum Gasteiger partial charge on any atom is 0.282 e. The van der Waals surface area contributed by atoms with Gasteiger partial charge in [-0.05, 0) is 18.8 Å². The van der Waals surface area contributed by atoms with Gasteiger partial charge in [-0.1, -0.05) is 5.92 Å². The summed E-state index contributed by atoms with van der Waals surface area (Å²) in [5.41, 5.74) is 0. The summed E-state index contributed by atoms with van der Waals surface area (Å²) >= 11 is 0. The van der Waals surface area contributed by atoms with E-state index in [2.05, 4.69) is 5.92 Å². The van der Waals surface area contributed by atoms with E-state index < -0.39 is 10.2 Å². The maximum atomic E-state index is 11.7. The molecule has 0 aliphatic heterocycles. The molecule has 0 bridgehead atoms. The van der Waals surface area contributed by atoms with Crippen LogP contribution in [0.4, 0.5) is 0 Å². The van der Waals surface area contributed by atoms with Gasteiger partial charge < -0.3 is 0 Å². The molecule has 1 aliphatic carbocycles. The van der Waals surface area contributed by atoms with E-state index >= 15 is 0 Å². The standard InChI is InChI=1S/C9H16N2O2S/c1-4-7-11(8-9-5-6-9)14(12,13)10(2)3/h1,9H,5-8H2,2-3H3. The van der Waals surface area contributed by atoms with Gasteiger partial charge in [0.2, 0.25) is 0 Å². The van der Waals surface area contributed by atoms with Crippen LogP contribution in [0.3, 0.4) is 0 Å².